The number of ether oxygens (including phenoxy) is 2. The molecule has 1 atom stereocenters. The molecular formula is C17H15NO6. The Morgan fingerprint density at radius 3 is 2.04 bits per heavy atom. The Kier molecular flexibility index (Phi) is 5.26. The van der Waals surface area contributed by atoms with Crippen LogP contribution in [-0.2, 0) is 4.74 Å². The Labute approximate surface area is 138 Å². The number of benzene rings is 2. The van der Waals surface area contributed by atoms with Gasteiger partial charge in [-0.2, -0.15) is 0 Å². The lowest BCUT2D eigenvalue weighted by Crippen LogP contribution is -2.24. The first-order valence-corrected chi connectivity index (χ1v) is 7.06. The van der Waals surface area contributed by atoms with Crippen LogP contribution < -0.4 is 4.74 Å². The number of nitro benzene ring substituents is 1. The lowest BCUT2D eigenvalue weighted by atomic mass is 10.1. The second-order valence-corrected chi connectivity index (χ2v) is 4.94. The Hall–Kier alpha value is -3.22. The number of esters is 1. The van der Waals surface area contributed by atoms with Crippen molar-refractivity contribution in [2.75, 3.05) is 7.11 Å². The van der Waals surface area contributed by atoms with E-state index in [0.717, 1.165) is 0 Å². The number of hydrogen-bond donors (Lipinski definition) is 0. The number of Topliss-reactive ketones (excluding diaryl/α,β-unsaturated/α-hetero) is 1. The molecule has 0 spiro atoms. The molecule has 24 heavy (non-hydrogen) atoms. The highest BCUT2D eigenvalue weighted by Crippen LogP contribution is 2.16. The zero-order chi connectivity index (χ0) is 17.7. The molecule has 0 radical (unpaired) electrons. The molecule has 0 amide bonds. The van der Waals surface area contributed by atoms with Crippen molar-refractivity contribution >= 4 is 17.4 Å². The predicted molar refractivity (Wildman–Crippen MR) is 85.3 cm³/mol. The van der Waals surface area contributed by atoms with Crippen LogP contribution in [0.2, 0.25) is 0 Å². The molecule has 2 aromatic carbocycles. The number of hydrogen-bond acceptors (Lipinski definition) is 6. The van der Waals surface area contributed by atoms with Crippen LogP contribution in [0.1, 0.15) is 27.6 Å². The van der Waals surface area contributed by atoms with Gasteiger partial charge in [-0.15, -0.1) is 0 Å². The average molecular weight is 329 g/mol. The van der Waals surface area contributed by atoms with Gasteiger partial charge in [-0.05, 0) is 43.3 Å². The van der Waals surface area contributed by atoms with Gasteiger partial charge in [0.15, 0.2) is 6.10 Å². The molecule has 0 bridgehead atoms. The lowest BCUT2D eigenvalue weighted by Gasteiger charge is -2.12. The van der Waals surface area contributed by atoms with E-state index in [1.807, 2.05) is 0 Å². The van der Waals surface area contributed by atoms with E-state index in [1.54, 1.807) is 24.3 Å². The van der Waals surface area contributed by atoms with Gasteiger partial charge in [0.2, 0.25) is 5.78 Å². The molecule has 0 N–H and O–H groups in total. The average Bonchev–Trinajstić information content (AvgIpc) is 2.61. The summed E-state index contributed by atoms with van der Waals surface area (Å²) in [5, 5.41) is 10.6. The van der Waals surface area contributed by atoms with E-state index in [-0.39, 0.29) is 17.0 Å². The highest BCUT2D eigenvalue weighted by atomic mass is 16.6. The summed E-state index contributed by atoms with van der Waals surface area (Å²) in [7, 11) is 1.52. The number of nitrogens with zero attached hydrogens (tertiary/aromatic N) is 1. The number of methoxy groups -OCH3 is 1. The highest BCUT2D eigenvalue weighted by Gasteiger charge is 2.21. The Bertz CT molecular complexity index is 752. The van der Waals surface area contributed by atoms with Gasteiger partial charge in [0.1, 0.15) is 5.75 Å². The van der Waals surface area contributed by atoms with Crippen molar-refractivity contribution in [3.63, 3.8) is 0 Å². The monoisotopic (exact) mass is 329 g/mol. The van der Waals surface area contributed by atoms with Crippen molar-refractivity contribution in [3.8, 4) is 5.75 Å². The number of ketones is 1. The Balaban J connectivity index is 2.04. The fraction of sp³-hybridized carbons (Fsp3) is 0.176. The zero-order valence-corrected chi connectivity index (χ0v) is 13.1. The number of nitro groups is 1. The molecule has 0 saturated carbocycles. The Morgan fingerprint density at radius 2 is 1.54 bits per heavy atom. The van der Waals surface area contributed by atoms with E-state index >= 15 is 0 Å². The molecule has 124 valence electrons. The molecule has 0 heterocycles. The summed E-state index contributed by atoms with van der Waals surface area (Å²) in [5.41, 5.74) is 0.392. The van der Waals surface area contributed by atoms with Gasteiger partial charge in [-0.3, -0.25) is 14.9 Å². The van der Waals surface area contributed by atoms with Gasteiger partial charge < -0.3 is 9.47 Å². The van der Waals surface area contributed by atoms with Crippen LogP contribution in [0, 0.1) is 10.1 Å². The third-order valence-electron chi connectivity index (χ3n) is 3.34. The maximum atomic E-state index is 12.2. The van der Waals surface area contributed by atoms with Gasteiger partial charge in [0, 0.05) is 17.7 Å². The standard InChI is InChI=1S/C17H15NO6/c1-11(16(19)12-5-9-15(23-2)10-6-12)24-17(20)13-3-7-14(8-4-13)18(21)22/h3-11H,1-2H3/t11-/m0/s1. The molecule has 0 aliphatic carbocycles. The molecular weight excluding hydrogens is 314 g/mol. The normalized spacial score (nSPS) is 11.4. The molecule has 0 aliphatic rings. The molecule has 0 aromatic heterocycles. The van der Waals surface area contributed by atoms with E-state index in [2.05, 4.69) is 0 Å². The van der Waals surface area contributed by atoms with Crippen LogP contribution in [0.25, 0.3) is 0 Å². The minimum absolute atomic E-state index is 0.131. The third-order valence-corrected chi connectivity index (χ3v) is 3.34. The zero-order valence-electron chi connectivity index (χ0n) is 13.1. The second-order valence-electron chi connectivity index (χ2n) is 4.94. The van der Waals surface area contributed by atoms with Crippen molar-refractivity contribution in [3.05, 3.63) is 69.8 Å². The van der Waals surface area contributed by atoms with Gasteiger partial charge in [0.05, 0.1) is 17.6 Å². The maximum Gasteiger partial charge on any atom is 0.338 e. The van der Waals surface area contributed by atoms with Crippen LogP contribution in [0.4, 0.5) is 5.69 Å². The molecule has 2 aromatic rings. The SMILES string of the molecule is COc1ccc(C(=O)[C@H](C)OC(=O)c2ccc([N+](=O)[O-])cc2)cc1. The summed E-state index contributed by atoms with van der Waals surface area (Å²) in [6.45, 7) is 1.47. The van der Waals surface area contributed by atoms with Crippen LogP contribution in [0.3, 0.4) is 0 Å². The van der Waals surface area contributed by atoms with Gasteiger partial charge in [-0.1, -0.05) is 0 Å². The third kappa shape index (κ3) is 3.95. The summed E-state index contributed by atoms with van der Waals surface area (Å²) in [6, 6.07) is 11.4. The minimum atomic E-state index is -0.985. The second kappa shape index (κ2) is 7.36. The fourth-order valence-electron chi connectivity index (χ4n) is 1.99. The number of carbonyl (C=O) groups is 2. The number of carbonyl (C=O) groups excluding carboxylic acids is 2. The minimum Gasteiger partial charge on any atom is -0.497 e. The van der Waals surface area contributed by atoms with E-state index < -0.39 is 17.0 Å². The molecule has 0 unspecified atom stereocenters. The van der Waals surface area contributed by atoms with Crippen molar-refractivity contribution in [2.24, 2.45) is 0 Å². The topological polar surface area (TPSA) is 95.7 Å². The van der Waals surface area contributed by atoms with Crippen molar-refractivity contribution < 1.29 is 24.0 Å². The lowest BCUT2D eigenvalue weighted by molar-refractivity contribution is -0.384. The number of rotatable bonds is 6. The summed E-state index contributed by atoms with van der Waals surface area (Å²) >= 11 is 0. The summed E-state index contributed by atoms with van der Waals surface area (Å²) < 4.78 is 10.1. The van der Waals surface area contributed by atoms with E-state index in [9.17, 15) is 19.7 Å². The maximum absolute atomic E-state index is 12.2. The quantitative estimate of drug-likeness (QED) is 0.350. The van der Waals surface area contributed by atoms with Gasteiger partial charge in [-0.25, -0.2) is 4.79 Å². The largest absolute Gasteiger partial charge is 0.497 e. The molecule has 0 fully saturated rings. The van der Waals surface area contributed by atoms with Gasteiger partial charge in [0.25, 0.3) is 5.69 Å². The van der Waals surface area contributed by atoms with Crippen molar-refractivity contribution in [1.82, 2.24) is 0 Å². The summed E-state index contributed by atoms with van der Waals surface area (Å²) in [5.74, 6) is -0.464. The van der Waals surface area contributed by atoms with Crippen molar-refractivity contribution in [1.29, 1.82) is 0 Å². The first-order valence-electron chi connectivity index (χ1n) is 7.06. The van der Waals surface area contributed by atoms with E-state index in [1.165, 1.54) is 38.3 Å². The fourth-order valence-corrected chi connectivity index (χ4v) is 1.99. The smallest absolute Gasteiger partial charge is 0.338 e. The Morgan fingerprint density at radius 1 is 1.00 bits per heavy atom. The molecule has 0 aliphatic heterocycles. The predicted octanol–water partition coefficient (Wildman–Crippen LogP) is 3.03. The van der Waals surface area contributed by atoms with E-state index in [0.29, 0.717) is 11.3 Å². The van der Waals surface area contributed by atoms with Crippen LogP contribution >= 0.6 is 0 Å². The van der Waals surface area contributed by atoms with Crippen LogP contribution in [-0.4, -0.2) is 29.9 Å². The van der Waals surface area contributed by atoms with E-state index in [4.69, 9.17) is 9.47 Å². The first kappa shape index (κ1) is 17.1. The number of non-ortho nitro benzene ring substituents is 1. The highest BCUT2D eigenvalue weighted by molar-refractivity contribution is 6.01. The van der Waals surface area contributed by atoms with Gasteiger partial charge >= 0.3 is 5.97 Å². The summed E-state index contributed by atoms with van der Waals surface area (Å²) in [4.78, 5) is 34.3. The molecule has 0 saturated heterocycles. The summed E-state index contributed by atoms with van der Waals surface area (Å²) in [6.07, 6.45) is -0.985. The molecule has 2 rings (SSSR count). The molecule has 7 heteroatoms. The first-order chi connectivity index (χ1) is 11.4. The van der Waals surface area contributed by atoms with Crippen LogP contribution in [0.15, 0.2) is 48.5 Å². The molecule has 7 nitrogen and oxygen atoms in total. The van der Waals surface area contributed by atoms with Crippen LogP contribution in [0.5, 0.6) is 5.75 Å². The van der Waals surface area contributed by atoms with Crippen molar-refractivity contribution in [2.45, 2.75) is 13.0 Å².